The molecule has 0 amide bonds. The van der Waals surface area contributed by atoms with Crippen LogP contribution in [0.25, 0.3) is 0 Å². The van der Waals surface area contributed by atoms with Crippen LogP contribution in [0.3, 0.4) is 0 Å². The van der Waals surface area contributed by atoms with Gasteiger partial charge < -0.3 is 5.73 Å². The summed E-state index contributed by atoms with van der Waals surface area (Å²) in [6.07, 6.45) is -4.89. The topological polar surface area (TPSA) is 93.9 Å². The second-order valence-electron chi connectivity index (χ2n) is 4.18. The lowest BCUT2D eigenvalue weighted by Gasteiger charge is -2.12. The first-order chi connectivity index (χ1) is 10.3. The van der Waals surface area contributed by atoms with Gasteiger partial charge >= 0.3 is 6.18 Å². The zero-order valence-electron chi connectivity index (χ0n) is 10.9. The highest BCUT2D eigenvalue weighted by Crippen LogP contribution is 2.44. The van der Waals surface area contributed by atoms with Crippen molar-refractivity contribution in [2.75, 3.05) is 5.73 Å². The van der Waals surface area contributed by atoms with Crippen molar-refractivity contribution in [2.45, 2.75) is 6.18 Å². The van der Waals surface area contributed by atoms with Gasteiger partial charge in [0.15, 0.2) is 0 Å². The molecule has 0 heterocycles. The van der Waals surface area contributed by atoms with E-state index >= 15 is 0 Å². The van der Waals surface area contributed by atoms with Crippen molar-refractivity contribution in [1.29, 1.82) is 0 Å². The van der Waals surface area contributed by atoms with Crippen LogP contribution in [0.15, 0.2) is 52.7 Å². The second kappa shape index (κ2) is 5.80. The summed E-state index contributed by atoms with van der Waals surface area (Å²) in [4.78, 5) is 9.71. The van der Waals surface area contributed by atoms with Crippen LogP contribution in [0.1, 0.15) is 5.56 Å². The van der Waals surface area contributed by atoms with Crippen LogP contribution in [-0.4, -0.2) is 4.92 Å². The van der Waals surface area contributed by atoms with Gasteiger partial charge in [0, 0.05) is 6.07 Å². The van der Waals surface area contributed by atoms with Gasteiger partial charge in [-0.2, -0.15) is 18.3 Å². The SMILES string of the molecule is Nc1c([N+](=O)[O-])ccc(N=Nc2ccccc2)c1C(F)(F)F. The summed E-state index contributed by atoms with van der Waals surface area (Å²) in [5, 5.41) is 17.9. The Bertz CT molecular complexity index is 730. The van der Waals surface area contributed by atoms with E-state index in [1.54, 1.807) is 30.3 Å². The minimum Gasteiger partial charge on any atom is -0.393 e. The summed E-state index contributed by atoms with van der Waals surface area (Å²) >= 11 is 0. The number of alkyl halides is 3. The largest absolute Gasteiger partial charge is 0.420 e. The predicted octanol–water partition coefficient (Wildman–Crippen LogP) is 4.61. The lowest BCUT2D eigenvalue weighted by molar-refractivity contribution is -0.384. The molecule has 6 nitrogen and oxygen atoms in total. The average molecular weight is 310 g/mol. The van der Waals surface area contributed by atoms with E-state index in [1.807, 2.05) is 0 Å². The maximum Gasteiger partial charge on any atom is 0.420 e. The number of rotatable bonds is 3. The number of azo groups is 1. The molecule has 9 heteroatoms. The molecule has 0 aliphatic rings. The summed E-state index contributed by atoms with van der Waals surface area (Å²) in [5.41, 5.74) is 1.85. The molecule has 0 bridgehead atoms. The molecule has 0 aliphatic carbocycles. The molecule has 0 aliphatic heterocycles. The lowest BCUT2D eigenvalue weighted by atomic mass is 10.1. The summed E-state index contributed by atoms with van der Waals surface area (Å²) in [6, 6.07) is 9.82. The second-order valence-corrected chi connectivity index (χ2v) is 4.18. The van der Waals surface area contributed by atoms with Gasteiger partial charge in [0.25, 0.3) is 5.69 Å². The Balaban J connectivity index is 2.54. The number of nitro groups is 1. The summed E-state index contributed by atoms with van der Waals surface area (Å²) in [5.74, 6) is 0. The molecular weight excluding hydrogens is 301 g/mol. The Morgan fingerprint density at radius 3 is 2.23 bits per heavy atom. The van der Waals surface area contributed by atoms with Crippen molar-refractivity contribution in [3.63, 3.8) is 0 Å². The molecule has 114 valence electrons. The highest BCUT2D eigenvalue weighted by atomic mass is 19.4. The van der Waals surface area contributed by atoms with E-state index < -0.39 is 33.7 Å². The highest BCUT2D eigenvalue weighted by molar-refractivity contribution is 5.72. The number of nitrogen functional groups attached to an aromatic ring is 1. The van der Waals surface area contributed by atoms with Gasteiger partial charge in [0.05, 0.1) is 10.6 Å². The quantitative estimate of drug-likeness (QED) is 0.388. The van der Waals surface area contributed by atoms with E-state index in [0.29, 0.717) is 5.69 Å². The maximum atomic E-state index is 13.1. The van der Waals surface area contributed by atoms with Crippen LogP contribution in [-0.2, 0) is 6.18 Å². The third kappa shape index (κ3) is 3.19. The molecule has 22 heavy (non-hydrogen) atoms. The lowest BCUT2D eigenvalue weighted by Crippen LogP contribution is -2.11. The number of nitrogens with two attached hydrogens (primary N) is 1. The normalized spacial score (nSPS) is 11.8. The first-order valence-corrected chi connectivity index (χ1v) is 5.91. The number of hydrogen-bond donors (Lipinski definition) is 1. The highest BCUT2D eigenvalue weighted by Gasteiger charge is 2.39. The minimum atomic E-state index is -4.89. The van der Waals surface area contributed by atoms with E-state index in [9.17, 15) is 23.3 Å². The number of anilines is 1. The Hall–Kier alpha value is -2.97. The molecule has 0 radical (unpaired) electrons. The van der Waals surface area contributed by atoms with Gasteiger partial charge in [-0.25, -0.2) is 0 Å². The van der Waals surface area contributed by atoms with Crippen molar-refractivity contribution in [3.05, 3.63) is 58.1 Å². The van der Waals surface area contributed by atoms with Crippen LogP contribution >= 0.6 is 0 Å². The predicted molar refractivity (Wildman–Crippen MR) is 73.1 cm³/mol. The van der Waals surface area contributed by atoms with Gasteiger partial charge in [-0.3, -0.25) is 10.1 Å². The van der Waals surface area contributed by atoms with Crippen molar-refractivity contribution in [2.24, 2.45) is 10.2 Å². The molecule has 0 atom stereocenters. The Kier molecular flexibility index (Phi) is 4.06. The fourth-order valence-corrected chi connectivity index (χ4v) is 1.74. The van der Waals surface area contributed by atoms with Crippen molar-refractivity contribution >= 4 is 22.7 Å². The van der Waals surface area contributed by atoms with Crippen molar-refractivity contribution < 1.29 is 18.1 Å². The Labute approximate surface area is 122 Å². The number of halogens is 3. The van der Waals surface area contributed by atoms with Gasteiger partial charge in [0.2, 0.25) is 0 Å². The van der Waals surface area contributed by atoms with Crippen LogP contribution in [0, 0.1) is 10.1 Å². The molecule has 0 unspecified atom stereocenters. The zero-order chi connectivity index (χ0) is 16.3. The van der Waals surface area contributed by atoms with Gasteiger partial charge in [-0.1, -0.05) is 18.2 Å². The number of nitro benzene ring substituents is 1. The Morgan fingerprint density at radius 1 is 1.05 bits per heavy atom. The molecule has 0 aromatic heterocycles. The number of benzene rings is 2. The molecule has 0 fully saturated rings. The summed E-state index contributed by atoms with van der Waals surface area (Å²) in [7, 11) is 0. The average Bonchev–Trinajstić information content (AvgIpc) is 2.44. The zero-order valence-corrected chi connectivity index (χ0v) is 10.9. The van der Waals surface area contributed by atoms with E-state index in [4.69, 9.17) is 5.73 Å². The molecule has 2 aromatic carbocycles. The maximum absolute atomic E-state index is 13.1. The van der Waals surface area contributed by atoms with E-state index in [0.717, 1.165) is 12.1 Å². The van der Waals surface area contributed by atoms with Gasteiger partial charge in [-0.05, 0) is 18.2 Å². The van der Waals surface area contributed by atoms with Gasteiger partial charge in [-0.15, -0.1) is 5.11 Å². The molecule has 2 rings (SSSR count). The Morgan fingerprint density at radius 2 is 1.68 bits per heavy atom. The van der Waals surface area contributed by atoms with Crippen LogP contribution < -0.4 is 5.73 Å². The first-order valence-electron chi connectivity index (χ1n) is 5.91. The van der Waals surface area contributed by atoms with Crippen LogP contribution in [0.5, 0.6) is 0 Å². The molecule has 0 saturated carbocycles. The molecule has 2 N–H and O–H groups in total. The van der Waals surface area contributed by atoms with E-state index in [-0.39, 0.29) is 0 Å². The first kappa shape index (κ1) is 15.4. The third-order valence-electron chi connectivity index (χ3n) is 2.71. The molecule has 0 saturated heterocycles. The molecule has 2 aromatic rings. The number of nitrogens with zero attached hydrogens (tertiary/aromatic N) is 3. The van der Waals surface area contributed by atoms with Crippen molar-refractivity contribution in [1.82, 2.24) is 0 Å². The van der Waals surface area contributed by atoms with E-state index in [1.165, 1.54) is 0 Å². The monoisotopic (exact) mass is 310 g/mol. The van der Waals surface area contributed by atoms with Crippen LogP contribution in [0.2, 0.25) is 0 Å². The molecular formula is C13H9F3N4O2. The van der Waals surface area contributed by atoms with Crippen LogP contribution in [0.4, 0.5) is 35.9 Å². The fourth-order valence-electron chi connectivity index (χ4n) is 1.74. The minimum absolute atomic E-state index is 0.340. The van der Waals surface area contributed by atoms with Crippen molar-refractivity contribution in [3.8, 4) is 0 Å². The molecule has 0 spiro atoms. The summed E-state index contributed by atoms with van der Waals surface area (Å²) < 4.78 is 39.2. The number of hydrogen-bond acceptors (Lipinski definition) is 5. The smallest absolute Gasteiger partial charge is 0.393 e. The summed E-state index contributed by atoms with van der Waals surface area (Å²) in [6.45, 7) is 0. The van der Waals surface area contributed by atoms with Gasteiger partial charge in [0.1, 0.15) is 16.9 Å². The fraction of sp³-hybridized carbons (Fsp3) is 0.0769. The van der Waals surface area contributed by atoms with E-state index in [2.05, 4.69) is 10.2 Å². The third-order valence-corrected chi connectivity index (χ3v) is 2.71. The standard InChI is InChI=1S/C13H9F3N4O2/c14-13(15,16)11-9(6-7-10(12(11)17)20(21)22)19-18-8-4-2-1-3-5-8/h1-7H,17H2.